The van der Waals surface area contributed by atoms with Crippen LogP contribution in [0.3, 0.4) is 0 Å². The molecule has 7 heteroatoms. The van der Waals surface area contributed by atoms with Crippen LogP contribution >= 0.6 is 11.6 Å². The molecule has 0 aliphatic carbocycles. The van der Waals surface area contributed by atoms with Crippen molar-refractivity contribution in [1.29, 1.82) is 0 Å². The van der Waals surface area contributed by atoms with Crippen LogP contribution in [-0.4, -0.2) is 59.8 Å². The molecule has 0 radical (unpaired) electrons. The molecule has 5 nitrogen and oxygen atoms in total. The van der Waals surface area contributed by atoms with E-state index in [-0.39, 0.29) is 29.2 Å². The highest BCUT2D eigenvalue weighted by Crippen LogP contribution is 2.33. The number of aliphatic hydroxyl groups is 1. The minimum atomic E-state index is -0.682. The lowest BCUT2D eigenvalue weighted by molar-refractivity contribution is -0.137. The molecule has 2 aromatic carbocycles. The van der Waals surface area contributed by atoms with Crippen LogP contribution in [0.15, 0.2) is 48.5 Å². The van der Waals surface area contributed by atoms with Gasteiger partial charge in [0.15, 0.2) is 0 Å². The van der Waals surface area contributed by atoms with Gasteiger partial charge in [-0.3, -0.25) is 9.69 Å². The number of carbonyl (C=O) groups is 1. The van der Waals surface area contributed by atoms with Crippen molar-refractivity contribution in [2.45, 2.75) is 58.7 Å². The zero-order chi connectivity index (χ0) is 26.4. The fraction of sp³-hybridized carbons (Fsp3) is 0.567. The maximum atomic E-state index is 14.0. The second kappa shape index (κ2) is 12.7. The van der Waals surface area contributed by atoms with Crippen LogP contribution in [0.25, 0.3) is 0 Å². The predicted octanol–water partition coefficient (Wildman–Crippen LogP) is 5.53. The standard InChI is InChI=1S/C30H40ClFN2O3/c1-30(2)21-37-14-6-9-25-19-33(17-23-10-11-26(31)27(32)15-23)13-12-24(25)16-29(36)34(20-28(30)35)18-22-7-4-3-5-8-22/h3-5,7-8,10-11,15,24-25,28,35H,6,9,12-14,16-21H2,1-2H3/t24-,25-,28-/m0/s1. The number of carbonyl (C=O) groups excluding carboxylic acids is 1. The molecule has 0 aromatic heterocycles. The summed E-state index contributed by atoms with van der Waals surface area (Å²) in [7, 11) is 0. The first kappa shape index (κ1) is 28.0. The minimum Gasteiger partial charge on any atom is -0.391 e. The summed E-state index contributed by atoms with van der Waals surface area (Å²) in [5.74, 6) is 0.343. The van der Waals surface area contributed by atoms with Crippen LogP contribution in [-0.2, 0) is 22.6 Å². The molecule has 0 unspecified atom stereocenters. The normalized spacial score (nSPS) is 26.0. The average Bonchev–Trinajstić information content (AvgIpc) is 2.87. The number of benzene rings is 2. The maximum Gasteiger partial charge on any atom is 0.223 e. The molecule has 1 amide bonds. The summed E-state index contributed by atoms with van der Waals surface area (Å²) in [5, 5.41) is 11.2. The van der Waals surface area contributed by atoms with Crippen molar-refractivity contribution in [3.8, 4) is 0 Å². The first-order valence-electron chi connectivity index (χ1n) is 13.4. The molecule has 2 aliphatic heterocycles. The van der Waals surface area contributed by atoms with E-state index >= 15 is 0 Å². The summed E-state index contributed by atoms with van der Waals surface area (Å²) >= 11 is 5.86. The van der Waals surface area contributed by atoms with E-state index in [4.69, 9.17) is 16.3 Å². The molecule has 2 fully saturated rings. The molecule has 202 valence electrons. The molecule has 2 aromatic rings. The molecule has 37 heavy (non-hydrogen) atoms. The van der Waals surface area contributed by atoms with Crippen molar-refractivity contribution in [1.82, 2.24) is 9.80 Å². The van der Waals surface area contributed by atoms with Gasteiger partial charge < -0.3 is 14.7 Å². The van der Waals surface area contributed by atoms with Gasteiger partial charge in [-0.25, -0.2) is 4.39 Å². The highest BCUT2D eigenvalue weighted by molar-refractivity contribution is 6.30. The van der Waals surface area contributed by atoms with E-state index in [1.54, 1.807) is 6.07 Å². The molecule has 1 N–H and O–H groups in total. The Morgan fingerprint density at radius 2 is 1.84 bits per heavy atom. The number of halogens is 2. The second-order valence-electron chi connectivity index (χ2n) is 11.5. The zero-order valence-corrected chi connectivity index (χ0v) is 22.8. The maximum absolute atomic E-state index is 14.0. The largest absolute Gasteiger partial charge is 0.391 e. The van der Waals surface area contributed by atoms with Gasteiger partial charge in [-0.1, -0.05) is 61.8 Å². The van der Waals surface area contributed by atoms with E-state index in [1.165, 1.54) is 6.07 Å². The number of likely N-dealkylation sites (tertiary alicyclic amines) is 1. The van der Waals surface area contributed by atoms with Crippen LogP contribution in [0, 0.1) is 23.1 Å². The quantitative estimate of drug-likeness (QED) is 0.564. The Kier molecular flexibility index (Phi) is 9.62. The molecule has 0 saturated carbocycles. The Morgan fingerprint density at radius 3 is 2.59 bits per heavy atom. The van der Waals surface area contributed by atoms with E-state index in [0.717, 1.165) is 43.5 Å². The number of amides is 1. The highest BCUT2D eigenvalue weighted by atomic mass is 35.5. The van der Waals surface area contributed by atoms with E-state index < -0.39 is 11.5 Å². The second-order valence-corrected chi connectivity index (χ2v) is 11.9. The van der Waals surface area contributed by atoms with E-state index in [9.17, 15) is 14.3 Å². The molecular formula is C30H40ClFN2O3. The monoisotopic (exact) mass is 530 g/mol. The highest BCUT2D eigenvalue weighted by Gasteiger charge is 2.35. The first-order valence-corrected chi connectivity index (χ1v) is 13.8. The molecule has 3 atom stereocenters. The molecule has 0 spiro atoms. The van der Waals surface area contributed by atoms with Crippen LogP contribution < -0.4 is 0 Å². The first-order chi connectivity index (χ1) is 17.7. The number of nitrogens with zero attached hydrogens (tertiary/aromatic N) is 2. The van der Waals surface area contributed by atoms with Crippen LogP contribution in [0.2, 0.25) is 5.02 Å². The van der Waals surface area contributed by atoms with Gasteiger partial charge in [0.25, 0.3) is 0 Å². The van der Waals surface area contributed by atoms with Crippen molar-refractivity contribution in [2.24, 2.45) is 17.3 Å². The summed E-state index contributed by atoms with van der Waals surface area (Å²) < 4.78 is 20.0. The molecule has 2 aliphatic rings. The number of piperidine rings is 1. The van der Waals surface area contributed by atoms with Crippen LogP contribution in [0.1, 0.15) is 50.7 Å². The van der Waals surface area contributed by atoms with Crippen molar-refractivity contribution in [3.63, 3.8) is 0 Å². The van der Waals surface area contributed by atoms with E-state index in [1.807, 2.05) is 55.1 Å². The molecule has 2 heterocycles. The van der Waals surface area contributed by atoms with Crippen molar-refractivity contribution >= 4 is 17.5 Å². The smallest absolute Gasteiger partial charge is 0.223 e. The Morgan fingerprint density at radius 1 is 1.05 bits per heavy atom. The number of hydrogen-bond donors (Lipinski definition) is 1. The van der Waals surface area contributed by atoms with Gasteiger partial charge in [-0.2, -0.15) is 0 Å². The van der Waals surface area contributed by atoms with Crippen LogP contribution in [0.5, 0.6) is 0 Å². The fourth-order valence-corrected chi connectivity index (χ4v) is 5.66. The van der Waals surface area contributed by atoms with Crippen molar-refractivity contribution in [2.75, 3.05) is 32.8 Å². The topological polar surface area (TPSA) is 53.0 Å². The predicted molar refractivity (Wildman–Crippen MR) is 145 cm³/mol. The van der Waals surface area contributed by atoms with Gasteiger partial charge in [0, 0.05) is 44.6 Å². The number of rotatable bonds is 4. The Hall–Kier alpha value is -1.99. The van der Waals surface area contributed by atoms with Gasteiger partial charge in [0.05, 0.1) is 17.7 Å². The van der Waals surface area contributed by atoms with Crippen molar-refractivity contribution in [3.05, 3.63) is 70.5 Å². The zero-order valence-electron chi connectivity index (χ0n) is 22.0. The summed E-state index contributed by atoms with van der Waals surface area (Å²) in [6, 6.07) is 15.0. The number of fused-ring (bicyclic) bond motifs is 1. The van der Waals surface area contributed by atoms with Gasteiger partial charge in [-0.15, -0.1) is 0 Å². The summed E-state index contributed by atoms with van der Waals surface area (Å²) in [6.45, 7) is 8.27. The van der Waals surface area contributed by atoms with E-state index in [2.05, 4.69) is 4.90 Å². The number of hydrogen-bond acceptors (Lipinski definition) is 4. The third-order valence-electron chi connectivity index (χ3n) is 8.00. The number of aliphatic hydroxyl groups excluding tert-OH is 1. The Balaban J connectivity index is 1.49. The average molecular weight is 531 g/mol. The summed E-state index contributed by atoms with van der Waals surface area (Å²) in [6.07, 6.45) is 2.61. The molecular weight excluding hydrogens is 491 g/mol. The SMILES string of the molecule is CC1(C)COCCC[C@H]2CN(Cc3ccc(Cl)c(F)c3)CC[C@H]2CC(=O)N(Cc2ccccc2)C[C@@H]1O. The summed E-state index contributed by atoms with van der Waals surface area (Å²) in [5.41, 5.74) is 1.51. The Labute approximate surface area is 225 Å². The minimum absolute atomic E-state index is 0.0992. The number of β-amino-alcohol motifs (C(OH)–C–C–N with tert-alkyl or cyclic N) is 1. The lowest BCUT2D eigenvalue weighted by Crippen LogP contribution is -2.46. The van der Waals surface area contributed by atoms with Gasteiger partial charge in [-0.05, 0) is 60.9 Å². The fourth-order valence-electron chi connectivity index (χ4n) is 5.54. The molecule has 4 rings (SSSR count). The lowest BCUT2D eigenvalue weighted by atomic mass is 9.80. The van der Waals surface area contributed by atoms with Crippen molar-refractivity contribution < 1.29 is 19.0 Å². The molecule has 0 bridgehead atoms. The van der Waals surface area contributed by atoms with Gasteiger partial charge in [0.2, 0.25) is 5.91 Å². The number of ether oxygens (including phenoxy) is 1. The van der Waals surface area contributed by atoms with Gasteiger partial charge >= 0.3 is 0 Å². The van der Waals surface area contributed by atoms with Gasteiger partial charge in [0.1, 0.15) is 5.82 Å². The van der Waals surface area contributed by atoms with Crippen LogP contribution in [0.4, 0.5) is 4.39 Å². The third-order valence-corrected chi connectivity index (χ3v) is 8.31. The Bertz CT molecular complexity index is 1030. The van der Waals surface area contributed by atoms with E-state index in [0.29, 0.717) is 38.6 Å². The molecule has 2 saturated heterocycles. The third kappa shape index (κ3) is 7.76. The summed E-state index contributed by atoms with van der Waals surface area (Å²) in [4.78, 5) is 17.9. The lowest BCUT2D eigenvalue weighted by Gasteiger charge is -2.39.